The molecule has 5 atom stereocenters. The first-order valence-corrected chi connectivity index (χ1v) is 20.0. The van der Waals surface area contributed by atoms with Gasteiger partial charge in [0.05, 0.1) is 22.0 Å². The Kier molecular flexibility index (Phi) is 20.4. The number of rotatable bonds is 24. The van der Waals surface area contributed by atoms with Crippen LogP contribution in [0.1, 0.15) is 114 Å². The molecule has 2 aromatic rings. The van der Waals surface area contributed by atoms with Crippen molar-refractivity contribution in [2.24, 2.45) is 0 Å². The van der Waals surface area contributed by atoms with E-state index in [0.29, 0.717) is 67.2 Å². The summed E-state index contributed by atoms with van der Waals surface area (Å²) in [5, 5.41) is 0.609. The van der Waals surface area contributed by atoms with Crippen molar-refractivity contribution in [2.45, 2.75) is 129 Å². The molecule has 1 unspecified atom stereocenters. The minimum absolute atomic E-state index is 0.318. The largest absolute Gasteiger partial charge is 0.491 e. The van der Waals surface area contributed by atoms with E-state index < -0.39 is 12.2 Å². The molecule has 0 amide bonds. The number of hydrogen-bond acceptors (Lipinski definition) is 6. The molecule has 0 aliphatic carbocycles. The Hall–Kier alpha value is -0.900. The molecule has 9 heteroatoms. The summed E-state index contributed by atoms with van der Waals surface area (Å²) in [5.41, 5.74) is 4.30. The van der Waals surface area contributed by atoms with E-state index in [2.05, 4.69) is 80.9 Å². The summed E-state index contributed by atoms with van der Waals surface area (Å²) in [6.07, 6.45) is 7.53. The summed E-state index contributed by atoms with van der Waals surface area (Å²) >= 11 is 17.0. The van der Waals surface area contributed by atoms with Crippen LogP contribution in [-0.4, -0.2) is 69.9 Å². The summed E-state index contributed by atoms with van der Waals surface area (Å²) in [4.78, 5) is 0. The highest BCUT2D eigenvalue weighted by Gasteiger charge is 2.49. The number of halogens is 3. The predicted molar refractivity (Wildman–Crippen MR) is 201 cm³/mol. The molecule has 2 aromatic carbocycles. The molecule has 1 aliphatic rings. The number of unbranched alkanes of at least 4 members (excludes halogenated alkanes) is 4. The molecule has 6 nitrogen and oxygen atoms in total. The second kappa shape index (κ2) is 23.6. The minimum atomic E-state index is -0.528. The number of ether oxygens (including phenoxy) is 6. The Balaban J connectivity index is 2.16. The second-order valence-corrected chi connectivity index (χ2v) is 14.1. The summed E-state index contributed by atoms with van der Waals surface area (Å²) in [6, 6.07) is 10.8. The van der Waals surface area contributed by atoms with Gasteiger partial charge in [0.15, 0.2) is 0 Å². The monoisotopic (exact) mass is 772 g/mol. The number of benzene rings is 2. The second-order valence-electron chi connectivity index (χ2n) is 12.6. The lowest BCUT2D eigenvalue weighted by molar-refractivity contribution is -0.268. The first kappa shape index (κ1) is 41.5. The van der Waals surface area contributed by atoms with E-state index in [-0.39, 0.29) is 18.3 Å². The Morgan fingerprint density at radius 1 is 0.729 bits per heavy atom. The van der Waals surface area contributed by atoms with E-state index in [1.165, 1.54) is 11.1 Å². The molecule has 0 N–H and O–H groups in total. The third-order valence-corrected chi connectivity index (χ3v) is 10.3. The lowest BCUT2D eigenvalue weighted by Gasteiger charge is -2.47. The van der Waals surface area contributed by atoms with Crippen LogP contribution in [0.4, 0.5) is 0 Å². The molecule has 272 valence electrons. The average molecular weight is 775 g/mol. The molecule has 48 heavy (non-hydrogen) atoms. The Labute approximate surface area is 308 Å². The van der Waals surface area contributed by atoms with Crippen LogP contribution in [0.25, 0.3) is 0 Å². The molecule has 1 aliphatic heterocycles. The van der Waals surface area contributed by atoms with Crippen molar-refractivity contribution in [3.05, 3.63) is 62.1 Å². The minimum Gasteiger partial charge on any atom is -0.491 e. The zero-order chi connectivity index (χ0) is 34.7. The molecule has 0 saturated carbocycles. The number of hydrogen-bond donors (Lipinski definition) is 0. The van der Waals surface area contributed by atoms with Gasteiger partial charge in [-0.05, 0) is 77.2 Å². The third-order valence-electron chi connectivity index (χ3n) is 8.70. The standard InChI is InChI=1S/C39H59BrCl2O6/c1-6-11-20-43-27-32-37(44-21-12-7-2)39(46-23-14-9-4)38(45-22-13-8-3)36(48-32)31-26-30(25-29-17-15-28(10-5)16-18-29)34(42)33(40)35(31)47-24-19-41/h15-18,26,32,36-39H,6-14,19-25,27H2,1-5H3/t32-,36?,37-,38+,39+/m1/s1. The van der Waals surface area contributed by atoms with Gasteiger partial charge in [-0.1, -0.05) is 96.2 Å². The highest BCUT2D eigenvalue weighted by atomic mass is 79.9. The molecule has 0 aromatic heterocycles. The fourth-order valence-electron chi connectivity index (χ4n) is 5.83. The van der Waals surface area contributed by atoms with Crippen LogP contribution in [0.15, 0.2) is 34.8 Å². The van der Waals surface area contributed by atoms with Gasteiger partial charge in [-0.15, -0.1) is 11.6 Å². The Bertz CT molecular complexity index is 1170. The van der Waals surface area contributed by atoms with Crippen LogP contribution in [0.2, 0.25) is 5.02 Å². The zero-order valence-electron chi connectivity index (χ0n) is 29.9. The van der Waals surface area contributed by atoms with E-state index in [1.54, 1.807) is 0 Å². The van der Waals surface area contributed by atoms with Crippen LogP contribution >= 0.6 is 39.1 Å². The molecule has 1 fully saturated rings. The lowest BCUT2D eigenvalue weighted by Crippen LogP contribution is -2.58. The van der Waals surface area contributed by atoms with Gasteiger partial charge in [0.25, 0.3) is 0 Å². The topological polar surface area (TPSA) is 55.4 Å². The van der Waals surface area contributed by atoms with Crippen molar-refractivity contribution >= 4 is 39.1 Å². The summed E-state index contributed by atoms with van der Waals surface area (Å²) in [5.74, 6) is 0.948. The van der Waals surface area contributed by atoms with E-state index in [4.69, 9.17) is 51.6 Å². The van der Waals surface area contributed by atoms with Gasteiger partial charge >= 0.3 is 0 Å². The molecular weight excluding hydrogens is 715 g/mol. The SMILES string of the molecule is CCCCOC[C@H]1OC(c2cc(Cc3ccc(CC)cc3)c(Cl)c(Br)c2OCCCl)[C@H](OCCCC)[C@@H](OCCCC)[C@@H]1OCCCC. The highest BCUT2D eigenvalue weighted by Crippen LogP contribution is 2.47. The maximum atomic E-state index is 7.09. The molecule has 0 bridgehead atoms. The fraction of sp³-hybridized carbons (Fsp3) is 0.692. The van der Waals surface area contributed by atoms with Gasteiger partial charge in [-0.3, -0.25) is 0 Å². The van der Waals surface area contributed by atoms with Crippen molar-refractivity contribution in [3.63, 3.8) is 0 Å². The van der Waals surface area contributed by atoms with E-state index in [1.807, 2.05) is 0 Å². The van der Waals surface area contributed by atoms with Crippen molar-refractivity contribution in [1.82, 2.24) is 0 Å². The first-order chi connectivity index (χ1) is 23.4. The first-order valence-electron chi connectivity index (χ1n) is 18.3. The highest BCUT2D eigenvalue weighted by molar-refractivity contribution is 9.10. The van der Waals surface area contributed by atoms with Crippen molar-refractivity contribution in [3.8, 4) is 5.75 Å². The number of alkyl halides is 1. The van der Waals surface area contributed by atoms with E-state index in [9.17, 15) is 0 Å². The van der Waals surface area contributed by atoms with Crippen LogP contribution in [0.5, 0.6) is 5.75 Å². The maximum Gasteiger partial charge on any atom is 0.140 e. The maximum absolute atomic E-state index is 7.09. The molecule has 0 radical (unpaired) electrons. The van der Waals surface area contributed by atoms with Crippen LogP contribution in [0.3, 0.4) is 0 Å². The number of aryl methyl sites for hydroxylation is 1. The van der Waals surface area contributed by atoms with Gasteiger partial charge in [-0.2, -0.15) is 0 Å². The van der Waals surface area contributed by atoms with Crippen molar-refractivity contribution in [1.29, 1.82) is 0 Å². The fourth-order valence-corrected chi connectivity index (χ4v) is 6.72. The van der Waals surface area contributed by atoms with Crippen LogP contribution in [0, 0.1) is 0 Å². The normalized spacial score (nSPS) is 21.1. The van der Waals surface area contributed by atoms with Crippen molar-refractivity contribution in [2.75, 3.05) is 45.5 Å². The van der Waals surface area contributed by atoms with Gasteiger partial charge in [-0.25, -0.2) is 0 Å². The zero-order valence-corrected chi connectivity index (χ0v) is 33.0. The molecule has 1 heterocycles. The van der Waals surface area contributed by atoms with E-state index >= 15 is 0 Å². The van der Waals surface area contributed by atoms with Gasteiger partial charge < -0.3 is 28.4 Å². The Morgan fingerprint density at radius 2 is 1.29 bits per heavy atom. The molecular formula is C39H59BrCl2O6. The quantitative estimate of drug-likeness (QED) is 0.0782. The molecule has 3 rings (SSSR count). The van der Waals surface area contributed by atoms with Gasteiger partial charge in [0.1, 0.15) is 42.9 Å². The van der Waals surface area contributed by atoms with Gasteiger partial charge in [0, 0.05) is 32.0 Å². The van der Waals surface area contributed by atoms with E-state index in [0.717, 1.165) is 68.9 Å². The summed E-state index contributed by atoms with van der Waals surface area (Å²) in [7, 11) is 0. The van der Waals surface area contributed by atoms with Gasteiger partial charge in [0.2, 0.25) is 0 Å². The third kappa shape index (κ3) is 12.4. The van der Waals surface area contributed by atoms with Crippen LogP contribution in [-0.2, 0) is 36.5 Å². The summed E-state index contributed by atoms with van der Waals surface area (Å²) in [6.45, 7) is 14.0. The van der Waals surface area contributed by atoms with Crippen molar-refractivity contribution < 1.29 is 28.4 Å². The van der Waals surface area contributed by atoms with Crippen LogP contribution < -0.4 is 4.74 Å². The molecule has 1 saturated heterocycles. The Morgan fingerprint density at radius 3 is 1.88 bits per heavy atom. The smallest absolute Gasteiger partial charge is 0.140 e. The lowest BCUT2D eigenvalue weighted by atomic mass is 9.88. The predicted octanol–water partition coefficient (Wildman–Crippen LogP) is 10.7. The molecule has 0 spiro atoms. The summed E-state index contributed by atoms with van der Waals surface area (Å²) < 4.78 is 40.5. The average Bonchev–Trinajstić information content (AvgIpc) is 3.10.